The molecule has 9 aromatic carbocycles. The van der Waals surface area contributed by atoms with Crippen LogP contribution in [0.5, 0.6) is 0 Å². The topological polar surface area (TPSA) is 28.4 Å². The number of hydrogen-bond donors (Lipinski definition) is 1. The Morgan fingerprint density at radius 1 is 0.500 bits per heavy atom. The summed E-state index contributed by atoms with van der Waals surface area (Å²) in [4.78, 5) is 2.58. The highest BCUT2D eigenvalue weighted by atomic mass is 16.3. The Balaban J connectivity index is 1.08. The van der Waals surface area contributed by atoms with E-state index in [1.807, 2.05) is 0 Å². The van der Waals surface area contributed by atoms with Gasteiger partial charge in [0, 0.05) is 44.4 Å². The second-order valence-corrected chi connectivity index (χ2v) is 22.1. The number of anilines is 5. The summed E-state index contributed by atoms with van der Waals surface area (Å²) in [7, 11) is 2.46. The number of para-hydroxylation sites is 3. The maximum Gasteiger partial charge on any atom is 0.198 e. The third kappa shape index (κ3) is 5.53. The Labute approximate surface area is 412 Å². The van der Waals surface area contributed by atoms with E-state index in [2.05, 4.69) is 247 Å². The van der Waals surface area contributed by atoms with Gasteiger partial charge in [0.2, 0.25) is 0 Å². The van der Waals surface area contributed by atoms with Crippen molar-refractivity contribution in [3.63, 3.8) is 0 Å². The summed E-state index contributed by atoms with van der Waals surface area (Å²) in [6.45, 7) is 14.5. The van der Waals surface area contributed by atoms with E-state index in [4.69, 9.17) is 4.42 Å². The van der Waals surface area contributed by atoms with Crippen LogP contribution in [0.25, 0.3) is 44.2 Å². The van der Waals surface area contributed by atoms with Gasteiger partial charge in [-0.05, 0) is 115 Å². The Bertz CT molecular complexity index is 3780. The number of nitrogens with zero attached hydrogens (tertiary/aromatic N) is 1. The lowest BCUT2D eigenvalue weighted by Crippen LogP contribution is -2.47. The van der Waals surface area contributed by atoms with E-state index in [9.17, 15) is 0 Å². The molecule has 10 aromatic rings. The first-order valence-corrected chi connectivity index (χ1v) is 25.1. The molecular formula is C66H54BN2O. The van der Waals surface area contributed by atoms with Crippen LogP contribution in [0.15, 0.2) is 192 Å². The summed E-state index contributed by atoms with van der Waals surface area (Å²) >= 11 is 0. The highest BCUT2D eigenvalue weighted by Gasteiger charge is 2.49. The van der Waals surface area contributed by atoms with Gasteiger partial charge in [-0.3, -0.25) is 0 Å². The lowest BCUT2D eigenvalue weighted by Gasteiger charge is -2.49. The molecule has 0 atom stereocenters. The molecule has 2 aliphatic carbocycles. The molecule has 1 N–H and O–H groups in total. The first-order chi connectivity index (χ1) is 34.0. The van der Waals surface area contributed by atoms with Crippen molar-refractivity contribution in [3.05, 3.63) is 233 Å². The maximum absolute atomic E-state index is 7.21. The minimum absolute atomic E-state index is 0.0585. The molecule has 4 heteroatoms. The SMILES string of the molecule is CC1(C)CCC(C)(C)c2cc(Nc3c(-c4c5c(cc6c4oc4ccccc46)N4c6ccccc6C(c6ccccc6)(c6ccccc6)c6cccc(c64)[B]5)ccc4c3C(C)(C)c3ccccc3-4)ccc21. The highest BCUT2D eigenvalue weighted by molar-refractivity contribution is 6.74. The second-order valence-electron chi connectivity index (χ2n) is 22.1. The molecule has 4 aliphatic rings. The van der Waals surface area contributed by atoms with E-state index >= 15 is 0 Å². The maximum atomic E-state index is 7.21. The molecular weight excluding hydrogens is 848 g/mol. The van der Waals surface area contributed by atoms with Crippen LogP contribution in [-0.4, -0.2) is 7.28 Å². The molecule has 0 spiro atoms. The average molecular weight is 902 g/mol. The minimum atomic E-state index is -0.572. The molecule has 1 aromatic heterocycles. The summed E-state index contributed by atoms with van der Waals surface area (Å²) < 4.78 is 7.21. The van der Waals surface area contributed by atoms with Gasteiger partial charge in [-0.1, -0.05) is 205 Å². The Kier molecular flexibility index (Phi) is 8.58. The molecule has 0 saturated carbocycles. The molecule has 1 radical (unpaired) electrons. The molecule has 3 nitrogen and oxygen atoms in total. The molecule has 14 rings (SSSR count). The van der Waals surface area contributed by atoms with Crippen molar-refractivity contribution in [2.24, 2.45) is 0 Å². The molecule has 0 amide bonds. The normalized spacial score (nSPS) is 16.9. The summed E-state index contributed by atoms with van der Waals surface area (Å²) in [5, 5.41) is 6.45. The van der Waals surface area contributed by atoms with Crippen molar-refractivity contribution < 1.29 is 4.42 Å². The standard InChI is InChI=1S/C66H54BN2O/c1-63(2)36-37-64(3,4)52-38-42(32-35-49(52)63)68-60-46(34-33-45-43-24-13-15-26-48(43)65(5,6)58(45)60)57-59-55(39-47-44-25-14-18-31-56(44)70-62(47)57)69-54-30-17-16-27-50(54)66(40-20-9-7-10-21-40,41-22-11-8-12-23-41)51-28-19-29-53(67-59)61(51)69/h7-35,38-39,68H,36-37H2,1-6H3. The predicted molar refractivity (Wildman–Crippen MR) is 293 cm³/mol. The van der Waals surface area contributed by atoms with E-state index in [0.717, 1.165) is 62.0 Å². The van der Waals surface area contributed by atoms with Crippen molar-refractivity contribution in [1.29, 1.82) is 0 Å². The first kappa shape index (κ1) is 41.4. The van der Waals surface area contributed by atoms with Crippen molar-refractivity contribution in [2.45, 2.75) is 76.0 Å². The summed E-state index contributed by atoms with van der Waals surface area (Å²) in [5.41, 5.74) is 24.5. The van der Waals surface area contributed by atoms with Gasteiger partial charge in [-0.2, -0.15) is 0 Å². The molecule has 337 valence electrons. The van der Waals surface area contributed by atoms with Gasteiger partial charge in [0.05, 0.1) is 16.8 Å². The number of nitrogens with one attached hydrogen (secondary N) is 1. The van der Waals surface area contributed by atoms with E-state index < -0.39 is 5.41 Å². The van der Waals surface area contributed by atoms with Crippen LogP contribution in [0.4, 0.5) is 28.4 Å². The number of fused-ring (bicyclic) bond motifs is 11. The van der Waals surface area contributed by atoms with Crippen LogP contribution in [0.3, 0.4) is 0 Å². The summed E-state index contributed by atoms with van der Waals surface area (Å²) in [6.07, 6.45) is 2.33. The fraction of sp³-hybridized carbons (Fsp3) is 0.182. The Morgan fingerprint density at radius 2 is 1.14 bits per heavy atom. The number of furan rings is 1. The molecule has 0 bridgehead atoms. The van der Waals surface area contributed by atoms with Crippen LogP contribution >= 0.6 is 0 Å². The highest BCUT2D eigenvalue weighted by Crippen LogP contribution is 2.60. The number of benzene rings is 9. The van der Waals surface area contributed by atoms with E-state index in [-0.39, 0.29) is 16.2 Å². The van der Waals surface area contributed by atoms with Gasteiger partial charge >= 0.3 is 0 Å². The zero-order valence-corrected chi connectivity index (χ0v) is 40.7. The van der Waals surface area contributed by atoms with Crippen molar-refractivity contribution >= 4 is 68.6 Å². The van der Waals surface area contributed by atoms with Crippen molar-refractivity contribution in [2.75, 3.05) is 10.2 Å². The second kappa shape index (κ2) is 14.5. The zero-order valence-electron chi connectivity index (χ0n) is 40.7. The Morgan fingerprint density at radius 3 is 1.91 bits per heavy atom. The van der Waals surface area contributed by atoms with Gasteiger partial charge in [0.15, 0.2) is 7.28 Å². The third-order valence-corrected chi connectivity index (χ3v) is 17.0. The monoisotopic (exact) mass is 901 g/mol. The minimum Gasteiger partial charge on any atom is -0.455 e. The van der Waals surface area contributed by atoms with E-state index in [1.165, 1.54) is 78.9 Å². The van der Waals surface area contributed by atoms with Gasteiger partial charge in [0.25, 0.3) is 0 Å². The van der Waals surface area contributed by atoms with Gasteiger partial charge in [-0.25, -0.2) is 0 Å². The Hall–Kier alpha value is -7.56. The van der Waals surface area contributed by atoms with Gasteiger partial charge < -0.3 is 14.6 Å². The van der Waals surface area contributed by atoms with Crippen molar-refractivity contribution in [3.8, 4) is 22.3 Å². The summed E-state index contributed by atoms with van der Waals surface area (Å²) in [6, 6.07) is 70.3. The molecule has 0 unspecified atom stereocenters. The smallest absolute Gasteiger partial charge is 0.198 e. The van der Waals surface area contributed by atoms with Gasteiger partial charge in [0.1, 0.15) is 11.2 Å². The summed E-state index contributed by atoms with van der Waals surface area (Å²) in [5.74, 6) is 0. The molecule has 3 heterocycles. The van der Waals surface area contributed by atoms with Crippen LogP contribution in [0.2, 0.25) is 0 Å². The predicted octanol–water partition coefficient (Wildman–Crippen LogP) is 15.8. The lowest BCUT2D eigenvalue weighted by molar-refractivity contribution is 0.332. The molecule has 0 saturated heterocycles. The fourth-order valence-electron chi connectivity index (χ4n) is 13.5. The van der Waals surface area contributed by atoms with Crippen LogP contribution < -0.4 is 21.1 Å². The zero-order chi connectivity index (χ0) is 47.3. The molecule has 70 heavy (non-hydrogen) atoms. The quantitative estimate of drug-likeness (QED) is 0.175. The van der Waals surface area contributed by atoms with Crippen LogP contribution in [-0.2, 0) is 21.7 Å². The lowest BCUT2D eigenvalue weighted by atomic mass is 9.54. The largest absolute Gasteiger partial charge is 0.455 e. The molecule has 2 aliphatic heterocycles. The van der Waals surface area contributed by atoms with Gasteiger partial charge in [-0.15, -0.1) is 0 Å². The van der Waals surface area contributed by atoms with Crippen molar-refractivity contribution in [1.82, 2.24) is 0 Å². The van der Waals surface area contributed by atoms with E-state index in [1.54, 1.807) is 0 Å². The average Bonchev–Trinajstić information content (AvgIpc) is 3.87. The third-order valence-electron chi connectivity index (χ3n) is 17.0. The fourth-order valence-corrected chi connectivity index (χ4v) is 13.5. The first-order valence-electron chi connectivity index (χ1n) is 25.1. The van der Waals surface area contributed by atoms with Crippen LogP contribution in [0.1, 0.15) is 98.9 Å². The number of hydrogen-bond acceptors (Lipinski definition) is 3. The van der Waals surface area contributed by atoms with E-state index in [0.29, 0.717) is 0 Å². The van der Waals surface area contributed by atoms with Crippen LogP contribution in [0, 0.1) is 0 Å². The molecule has 0 fully saturated rings. The number of rotatable bonds is 5.